The number of carbonyl (C=O) groups is 1. The Morgan fingerprint density at radius 3 is 2.86 bits per heavy atom. The highest BCUT2D eigenvalue weighted by atomic mass is 32.2. The fourth-order valence-corrected chi connectivity index (χ4v) is 2.49. The van der Waals surface area contributed by atoms with Gasteiger partial charge in [0.05, 0.1) is 7.11 Å². The van der Waals surface area contributed by atoms with Gasteiger partial charge in [-0.15, -0.1) is 0 Å². The summed E-state index contributed by atoms with van der Waals surface area (Å²) < 4.78 is 29.3. The van der Waals surface area contributed by atoms with Crippen LogP contribution in [0.4, 0.5) is 0 Å². The standard InChI is InChI=1S/C7H14N2O4S/c1-13-7(10)5-14(11,12)9-6-2-3-8-4-6/h6,8-9H,2-5H2,1H3. The van der Waals surface area contributed by atoms with Crippen LogP contribution in [0.1, 0.15) is 6.42 Å². The highest BCUT2D eigenvalue weighted by molar-refractivity contribution is 7.90. The Labute approximate surface area is 83.1 Å². The van der Waals surface area contributed by atoms with E-state index in [-0.39, 0.29) is 6.04 Å². The van der Waals surface area contributed by atoms with Gasteiger partial charge in [0.2, 0.25) is 10.0 Å². The van der Waals surface area contributed by atoms with Crippen molar-refractivity contribution in [2.45, 2.75) is 12.5 Å². The molecule has 0 amide bonds. The van der Waals surface area contributed by atoms with Crippen molar-refractivity contribution in [3.8, 4) is 0 Å². The van der Waals surface area contributed by atoms with Crippen molar-refractivity contribution in [2.75, 3.05) is 26.0 Å². The zero-order valence-corrected chi connectivity index (χ0v) is 8.76. The van der Waals surface area contributed by atoms with E-state index in [2.05, 4.69) is 14.8 Å². The molecule has 0 spiro atoms. The van der Waals surface area contributed by atoms with Crippen LogP contribution < -0.4 is 10.0 Å². The number of esters is 1. The van der Waals surface area contributed by atoms with E-state index in [9.17, 15) is 13.2 Å². The van der Waals surface area contributed by atoms with Crippen LogP contribution in [0.5, 0.6) is 0 Å². The molecule has 1 heterocycles. The first-order valence-corrected chi connectivity index (χ1v) is 5.96. The molecule has 0 bridgehead atoms. The summed E-state index contributed by atoms with van der Waals surface area (Å²) in [6, 6.07) is -0.107. The van der Waals surface area contributed by atoms with E-state index in [1.807, 2.05) is 0 Å². The van der Waals surface area contributed by atoms with E-state index in [4.69, 9.17) is 0 Å². The van der Waals surface area contributed by atoms with E-state index >= 15 is 0 Å². The molecule has 1 saturated heterocycles. The van der Waals surface area contributed by atoms with Crippen LogP contribution in [0.3, 0.4) is 0 Å². The number of hydrogen-bond acceptors (Lipinski definition) is 5. The monoisotopic (exact) mass is 222 g/mol. The molecule has 1 unspecified atom stereocenters. The first-order valence-electron chi connectivity index (χ1n) is 4.31. The fourth-order valence-electron chi connectivity index (χ4n) is 1.26. The average molecular weight is 222 g/mol. The van der Waals surface area contributed by atoms with Crippen molar-refractivity contribution < 1.29 is 17.9 Å². The van der Waals surface area contributed by atoms with Gasteiger partial charge in [-0.1, -0.05) is 0 Å². The number of rotatable bonds is 4. The van der Waals surface area contributed by atoms with Crippen LogP contribution in [0.15, 0.2) is 0 Å². The van der Waals surface area contributed by atoms with Gasteiger partial charge in [0.15, 0.2) is 5.75 Å². The first kappa shape index (κ1) is 11.4. The molecule has 82 valence electrons. The summed E-state index contributed by atoms with van der Waals surface area (Å²) in [5.41, 5.74) is 0. The molecular weight excluding hydrogens is 208 g/mol. The van der Waals surface area contributed by atoms with Crippen molar-refractivity contribution >= 4 is 16.0 Å². The van der Waals surface area contributed by atoms with Gasteiger partial charge in [0, 0.05) is 12.6 Å². The zero-order valence-electron chi connectivity index (χ0n) is 7.95. The Morgan fingerprint density at radius 1 is 1.64 bits per heavy atom. The lowest BCUT2D eigenvalue weighted by Gasteiger charge is -2.10. The minimum absolute atomic E-state index is 0.107. The third-order valence-corrected chi connectivity index (χ3v) is 3.25. The highest BCUT2D eigenvalue weighted by Crippen LogP contribution is 2.00. The van der Waals surface area contributed by atoms with Crippen LogP contribution in [-0.2, 0) is 19.6 Å². The molecular formula is C7H14N2O4S. The number of hydrogen-bond donors (Lipinski definition) is 2. The third kappa shape index (κ3) is 3.60. The summed E-state index contributed by atoms with van der Waals surface area (Å²) in [7, 11) is -2.38. The summed E-state index contributed by atoms with van der Waals surface area (Å²) in [4.78, 5) is 10.7. The summed E-state index contributed by atoms with van der Waals surface area (Å²) in [5, 5.41) is 3.02. The maximum absolute atomic E-state index is 11.3. The van der Waals surface area contributed by atoms with E-state index in [0.29, 0.717) is 6.54 Å². The van der Waals surface area contributed by atoms with Crippen LogP contribution in [-0.4, -0.2) is 46.4 Å². The van der Waals surface area contributed by atoms with Gasteiger partial charge >= 0.3 is 5.97 Å². The zero-order chi connectivity index (χ0) is 10.6. The maximum Gasteiger partial charge on any atom is 0.322 e. The Hall–Kier alpha value is -0.660. The van der Waals surface area contributed by atoms with Crippen LogP contribution in [0.25, 0.3) is 0 Å². The molecule has 1 aliphatic rings. The second-order valence-electron chi connectivity index (χ2n) is 3.14. The Bertz CT molecular complexity index is 295. The minimum atomic E-state index is -3.54. The minimum Gasteiger partial charge on any atom is -0.468 e. The normalized spacial score (nSPS) is 22.2. The second-order valence-corrected chi connectivity index (χ2v) is 4.90. The van der Waals surface area contributed by atoms with Gasteiger partial charge in [0.25, 0.3) is 0 Å². The average Bonchev–Trinajstić information content (AvgIpc) is 2.54. The number of nitrogens with one attached hydrogen (secondary N) is 2. The molecule has 1 fully saturated rings. The first-order chi connectivity index (χ1) is 6.53. The summed E-state index contributed by atoms with van der Waals surface area (Å²) in [5.74, 6) is -1.36. The van der Waals surface area contributed by atoms with Crippen LogP contribution in [0, 0.1) is 0 Å². The van der Waals surface area contributed by atoms with Crippen molar-refractivity contribution in [2.24, 2.45) is 0 Å². The van der Waals surface area contributed by atoms with Crippen LogP contribution >= 0.6 is 0 Å². The predicted octanol–water partition coefficient (Wildman–Crippen LogP) is -1.56. The smallest absolute Gasteiger partial charge is 0.322 e. The predicted molar refractivity (Wildman–Crippen MR) is 50.2 cm³/mol. The quantitative estimate of drug-likeness (QED) is 0.562. The molecule has 0 saturated carbocycles. The highest BCUT2D eigenvalue weighted by Gasteiger charge is 2.23. The molecule has 0 aromatic heterocycles. The Kier molecular flexibility index (Phi) is 3.85. The molecule has 6 nitrogen and oxygen atoms in total. The topological polar surface area (TPSA) is 84.5 Å². The molecule has 2 N–H and O–H groups in total. The van der Waals surface area contributed by atoms with Gasteiger partial charge in [-0.25, -0.2) is 13.1 Å². The fraction of sp³-hybridized carbons (Fsp3) is 0.857. The van der Waals surface area contributed by atoms with E-state index in [0.717, 1.165) is 20.1 Å². The summed E-state index contributed by atoms with van der Waals surface area (Å²) in [6.07, 6.45) is 0.750. The van der Waals surface area contributed by atoms with Crippen molar-refractivity contribution in [1.29, 1.82) is 0 Å². The third-order valence-electron chi connectivity index (χ3n) is 1.94. The Balaban J connectivity index is 2.44. The van der Waals surface area contributed by atoms with E-state index < -0.39 is 21.7 Å². The number of sulfonamides is 1. The molecule has 0 aromatic rings. The lowest BCUT2D eigenvalue weighted by molar-refractivity contribution is -0.137. The van der Waals surface area contributed by atoms with Gasteiger partial charge in [0.1, 0.15) is 0 Å². The second kappa shape index (κ2) is 4.72. The van der Waals surface area contributed by atoms with Gasteiger partial charge in [-0.05, 0) is 13.0 Å². The number of carbonyl (C=O) groups excluding carboxylic acids is 1. The van der Waals surface area contributed by atoms with Crippen molar-refractivity contribution in [3.63, 3.8) is 0 Å². The lowest BCUT2D eigenvalue weighted by Crippen LogP contribution is -2.39. The SMILES string of the molecule is COC(=O)CS(=O)(=O)NC1CCNC1. The van der Waals surface area contributed by atoms with Gasteiger partial charge in [-0.3, -0.25) is 4.79 Å². The molecule has 1 atom stereocenters. The van der Waals surface area contributed by atoms with Gasteiger partial charge < -0.3 is 10.1 Å². The number of methoxy groups -OCH3 is 1. The number of ether oxygens (including phenoxy) is 1. The van der Waals surface area contributed by atoms with Crippen molar-refractivity contribution in [3.05, 3.63) is 0 Å². The molecule has 1 rings (SSSR count). The van der Waals surface area contributed by atoms with Crippen LogP contribution in [0.2, 0.25) is 0 Å². The van der Waals surface area contributed by atoms with E-state index in [1.54, 1.807) is 0 Å². The largest absolute Gasteiger partial charge is 0.468 e. The van der Waals surface area contributed by atoms with Crippen molar-refractivity contribution in [1.82, 2.24) is 10.0 Å². The lowest BCUT2D eigenvalue weighted by atomic mass is 10.3. The molecule has 14 heavy (non-hydrogen) atoms. The van der Waals surface area contributed by atoms with E-state index in [1.165, 1.54) is 0 Å². The molecule has 0 aliphatic carbocycles. The summed E-state index contributed by atoms with van der Waals surface area (Å²) >= 11 is 0. The van der Waals surface area contributed by atoms with Gasteiger partial charge in [-0.2, -0.15) is 0 Å². The molecule has 1 aliphatic heterocycles. The summed E-state index contributed by atoms with van der Waals surface area (Å²) in [6.45, 7) is 1.41. The molecule has 0 radical (unpaired) electrons. The maximum atomic E-state index is 11.3. The molecule has 7 heteroatoms. The Morgan fingerprint density at radius 2 is 2.36 bits per heavy atom. The molecule has 0 aromatic carbocycles.